The molecule has 0 spiro atoms. The molecular weight excluding hydrogens is 360 g/mol. The van der Waals surface area contributed by atoms with Crippen LogP contribution in [0.4, 0.5) is 0 Å². The van der Waals surface area contributed by atoms with Gasteiger partial charge in [-0.3, -0.25) is 20.4 Å². The quantitative estimate of drug-likeness (QED) is 0.658. The third-order valence-electron chi connectivity index (χ3n) is 4.13. The van der Waals surface area contributed by atoms with Crippen LogP contribution in [0.3, 0.4) is 0 Å². The van der Waals surface area contributed by atoms with E-state index < -0.39 is 11.8 Å². The number of methoxy groups -OCH3 is 1. The summed E-state index contributed by atoms with van der Waals surface area (Å²) in [6.07, 6.45) is -0.0279. The van der Waals surface area contributed by atoms with Crippen molar-refractivity contribution in [3.8, 4) is 11.5 Å². The Morgan fingerprint density at radius 3 is 2.39 bits per heavy atom. The number of carbonyl (C=O) groups excluding carboxylic acids is 2. The summed E-state index contributed by atoms with van der Waals surface area (Å²) in [5, 5.41) is 0.851. The number of fused-ring (bicyclic) bond motifs is 1. The highest BCUT2D eigenvalue weighted by molar-refractivity contribution is 6.01. The van der Waals surface area contributed by atoms with Crippen molar-refractivity contribution in [2.24, 2.45) is 0 Å². The van der Waals surface area contributed by atoms with Crippen molar-refractivity contribution < 1.29 is 23.5 Å². The second kappa shape index (κ2) is 8.04. The molecule has 0 aliphatic carbocycles. The van der Waals surface area contributed by atoms with E-state index in [9.17, 15) is 9.59 Å². The summed E-state index contributed by atoms with van der Waals surface area (Å²) >= 11 is 0. The zero-order valence-electron chi connectivity index (χ0n) is 16.2. The van der Waals surface area contributed by atoms with Crippen molar-refractivity contribution in [1.29, 1.82) is 0 Å². The van der Waals surface area contributed by atoms with E-state index >= 15 is 0 Å². The minimum atomic E-state index is -0.534. The first-order chi connectivity index (χ1) is 13.4. The maximum atomic E-state index is 12.4. The van der Waals surface area contributed by atoms with Gasteiger partial charge in [0.1, 0.15) is 5.58 Å². The fraction of sp³-hybridized carbons (Fsp3) is 0.238. The van der Waals surface area contributed by atoms with E-state index in [4.69, 9.17) is 13.9 Å². The normalized spacial score (nSPS) is 10.8. The molecule has 3 rings (SSSR count). The van der Waals surface area contributed by atoms with Gasteiger partial charge < -0.3 is 13.9 Å². The van der Waals surface area contributed by atoms with E-state index in [2.05, 4.69) is 10.9 Å². The summed E-state index contributed by atoms with van der Waals surface area (Å²) in [7, 11) is 1.50. The van der Waals surface area contributed by atoms with Gasteiger partial charge in [-0.15, -0.1) is 0 Å². The standard InChI is InChI=1S/C21H22N2O5/c1-12(2)27-17-10-9-14(11-18(17)26-4)20(24)22-23-21(25)19-13(3)15-7-5-6-8-16(15)28-19/h5-12H,1-4H3,(H,22,24)(H,23,25). The van der Waals surface area contributed by atoms with Crippen molar-refractivity contribution in [2.75, 3.05) is 7.11 Å². The smallest absolute Gasteiger partial charge is 0.305 e. The molecule has 0 radical (unpaired) electrons. The van der Waals surface area contributed by atoms with Crippen LogP contribution in [-0.4, -0.2) is 25.0 Å². The molecule has 1 aromatic heterocycles. The maximum absolute atomic E-state index is 12.4. The monoisotopic (exact) mass is 382 g/mol. The van der Waals surface area contributed by atoms with Gasteiger partial charge in [-0.1, -0.05) is 18.2 Å². The Morgan fingerprint density at radius 1 is 1.00 bits per heavy atom. The number of hydrogen-bond donors (Lipinski definition) is 2. The summed E-state index contributed by atoms with van der Waals surface area (Å²) in [6, 6.07) is 12.1. The third-order valence-corrected chi connectivity index (χ3v) is 4.13. The lowest BCUT2D eigenvalue weighted by atomic mass is 10.1. The van der Waals surface area contributed by atoms with E-state index in [1.165, 1.54) is 7.11 Å². The molecule has 2 N–H and O–H groups in total. The Bertz CT molecular complexity index is 1020. The highest BCUT2D eigenvalue weighted by Gasteiger charge is 2.18. The molecule has 146 valence electrons. The first kappa shape index (κ1) is 19.3. The average Bonchev–Trinajstić information content (AvgIpc) is 3.02. The lowest BCUT2D eigenvalue weighted by Gasteiger charge is -2.14. The largest absolute Gasteiger partial charge is 0.493 e. The molecule has 2 amide bonds. The summed E-state index contributed by atoms with van der Waals surface area (Å²) in [4.78, 5) is 24.8. The molecule has 0 aliphatic rings. The lowest BCUT2D eigenvalue weighted by Crippen LogP contribution is -2.41. The lowest BCUT2D eigenvalue weighted by molar-refractivity contribution is 0.0831. The van der Waals surface area contributed by atoms with Gasteiger partial charge in [0.15, 0.2) is 17.3 Å². The Kier molecular flexibility index (Phi) is 5.54. The first-order valence-corrected chi connectivity index (χ1v) is 8.84. The van der Waals surface area contributed by atoms with Crippen LogP contribution in [-0.2, 0) is 0 Å². The van der Waals surface area contributed by atoms with Crippen molar-refractivity contribution in [3.63, 3.8) is 0 Å². The van der Waals surface area contributed by atoms with Crippen LogP contribution in [0.2, 0.25) is 0 Å². The van der Waals surface area contributed by atoms with Gasteiger partial charge in [0.2, 0.25) is 0 Å². The number of ether oxygens (including phenoxy) is 2. The Balaban J connectivity index is 1.71. The molecule has 0 bridgehead atoms. The van der Waals surface area contributed by atoms with Crippen molar-refractivity contribution in [2.45, 2.75) is 26.9 Å². The maximum Gasteiger partial charge on any atom is 0.305 e. The van der Waals surface area contributed by atoms with Crippen molar-refractivity contribution >= 4 is 22.8 Å². The average molecular weight is 382 g/mol. The number of hydrazine groups is 1. The number of carbonyl (C=O) groups is 2. The van der Waals surface area contributed by atoms with Gasteiger partial charge in [0.25, 0.3) is 5.91 Å². The number of rotatable bonds is 5. The third kappa shape index (κ3) is 3.93. The minimum Gasteiger partial charge on any atom is -0.493 e. The molecule has 0 aliphatic heterocycles. The molecule has 28 heavy (non-hydrogen) atoms. The van der Waals surface area contributed by atoms with E-state index in [1.807, 2.05) is 32.0 Å². The highest BCUT2D eigenvalue weighted by Crippen LogP contribution is 2.29. The van der Waals surface area contributed by atoms with E-state index in [0.29, 0.717) is 28.2 Å². The molecule has 0 saturated heterocycles. The predicted octanol–water partition coefficient (Wildman–Crippen LogP) is 3.61. The number of benzene rings is 2. The van der Waals surface area contributed by atoms with Crippen molar-refractivity contribution in [1.82, 2.24) is 10.9 Å². The number of aryl methyl sites for hydroxylation is 1. The van der Waals surface area contributed by atoms with Crippen LogP contribution in [0.25, 0.3) is 11.0 Å². The predicted molar refractivity (Wildman–Crippen MR) is 105 cm³/mol. The van der Waals surface area contributed by atoms with E-state index in [-0.39, 0.29) is 11.9 Å². The fourth-order valence-electron chi connectivity index (χ4n) is 2.79. The fourth-order valence-corrected chi connectivity index (χ4v) is 2.79. The van der Waals surface area contributed by atoms with Gasteiger partial charge in [-0.2, -0.15) is 0 Å². The summed E-state index contributed by atoms with van der Waals surface area (Å²) in [5.74, 6) is 0.0989. The second-order valence-corrected chi connectivity index (χ2v) is 6.49. The molecule has 1 heterocycles. The Morgan fingerprint density at radius 2 is 1.71 bits per heavy atom. The summed E-state index contributed by atoms with van der Waals surface area (Å²) in [6.45, 7) is 5.59. The molecule has 7 heteroatoms. The molecule has 0 saturated carbocycles. The number of para-hydroxylation sites is 1. The number of nitrogens with one attached hydrogen (secondary N) is 2. The Labute approximate surface area is 162 Å². The van der Waals surface area contributed by atoms with Gasteiger partial charge >= 0.3 is 5.91 Å². The van der Waals surface area contributed by atoms with E-state index in [0.717, 1.165) is 5.39 Å². The Hall–Kier alpha value is -3.48. The minimum absolute atomic E-state index is 0.0279. The van der Waals surface area contributed by atoms with E-state index in [1.54, 1.807) is 31.2 Å². The molecule has 0 atom stereocenters. The molecule has 7 nitrogen and oxygen atoms in total. The van der Waals surface area contributed by atoms with Crippen LogP contribution in [0.5, 0.6) is 11.5 Å². The molecular formula is C21H22N2O5. The molecule has 0 fully saturated rings. The van der Waals surface area contributed by atoms with Gasteiger partial charge in [0.05, 0.1) is 13.2 Å². The molecule has 3 aromatic rings. The van der Waals surface area contributed by atoms with Crippen LogP contribution >= 0.6 is 0 Å². The van der Waals surface area contributed by atoms with Crippen LogP contribution in [0.15, 0.2) is 46.9 Å². The first-order valence-electron chi connectivity index (χ1n) is 8.84. The highest BCUT2D eigenvalue weighted by atomic mass is 16.5. The van der Waals surface area contributed by atoms with Crippen molar-refractivity contribution in [3.05, 3.63) is 59.4 Å². The zero-order valence-corrected chi connectivity index (χ0v) is 16.2. The van der Waals surface area contributed by atoms with Gasteiger partial charge in [-0.05, 0) is 45.0 Å². The molecule has 0 unspecified atom stereocenters. The topological polar surface area (TPSA) is 89.8 Å². The number of amides is 2. The van der Waals surface area contributed by atoms with Gasteiger partial charge in [0, 0.05) is 16.5 Å². The SMILES string of the molecule is COc1cc(C(=O)NNC(=O)c2oc3ccccc3c2C)ccc1OC(C)C. The number of hydrogen-bond acceptors (Lipinski definition) is 5. The van der Waals surface area contributed by atoms with Gasteiger partial charge in [-0.25, -0.2) is 0 Å². The zero-order chi connectivity index (χ0) is 20.3. The van der Waals surface area contributed by atoms with Crippen LogP contribution in [0.1, 0.15) is 40.3 Å². The van der Waals surface area contributed by atoms with Crippen LogP contribution in [0, 0.1) is 6.92 Å². The van der Waals surface area contributed by atoms with Crippen LogP contribution < -0.4 is 20.3 Å². The summed E-state index contributed by atoms with van der Waals surface area (Å²) < 4.78 is 16.5. The summed E-state index contributed by atoms with van der Waals surface area (Å²) in [5.41, 5.74) is 6.40. The molecule has 2 aromatic carbocycles. The number of furan rings is 1. The second-order valence-electron chi connectivity index (χ2n) is 6.49.